The number of sulfonamides is 1. The first kappa shape index (κ1) is 17.0. The van der Waals surface area contributed by atoms with Crippen molar-refractivity contribution in [3.8, 4) is 0 Å². The van der Waals surface area contributed by atoms with Gasteiger partial charge in [0.05, 0.1) is 17.1 Å². The summed E-state index contributed by atoms with van der Waals surface area (Å²) in [4.78, 5) is 0.265. The number of aryl methyl sites for hydroxylation is 1. The molecule has 0 aliphatic rings. The molecule has 0 heterocycles. The average Bonchev–Trinajstić information content (AvgIpc) is 2.53. The van der Waals surface area contributed by atoms with E-state index in [1.165, 1.54) is 4.31 Å². The normalized spacial score (nSPS) is 11.0. The number of rotatable bonds is 6. The number of benzene rings is 2. The number of hydrogen-bond donors (Lipinski definition) is 0. The molecule has 2 aromatic rings. The van der Waals surface area contributed by atoms with Gasteiger partial charge in [0.1, 0.15) is 0 Å². The molecule has 0 unspecified atom stereocenters. The summed E-state index contributed by atoms with van der Waals surface area (Å²) >= 11 is 0. The summed E-state index contributed by atoms with van der Waals surface area (Å²) in [6.45, 7) is 11.6. The molecule has 2 aromatic carbocycles. The van der Waals surface area contributed by atoms with Crippen LogP contribution >= 0.6 is 0 Å². The minimum absolute atomic E-state index is 0.195. The smallest absolute Gasteiger partial charge is 0.262 e. The van der Waals surface area contributed by atoms with Crippen molar-refractivity contribution in [3.05, 3.63) is 78.9 Å². The van der Waals surface area contributed by atoms with Gasteiger partial charge in [0.25, 0.3) is 10.0 Å². The Morgan fingerprint density at radius 1 is 1.13 bits per heavy atom. The molecule has 3 nitrogen and oxygen atoms in total. The van der Waals surface area contributed by atoms with Gasteiger partial charge in [-0.1, -0.05) is 48.6 Å². The Labute approximate surface area is 138 Å². The number of hydrogen-bond acceptors (Lipinski definition) is 2. The first-order valence-corrected chi connectivity index (χ1v) is 8.77. The average molecular weight is 327 g/mol. The Hall–Kier alpha value is -2.33. The maximum atomic E-state index is 13.1. The molecule has 0 bridgehead atoms. The van der Waals surface area contributed by atoms with Gasteiger partial charge in [0, 0.05) is 5.56 Å². The van der Waals surface area contributed by atoms with Crippen LogP contribution in [0.2, 0.25) is 0 Å². The fourth-order valence-electron chi connectivity index (χ4n) is 2.33. The van der Waals surface area contributed by atoms with Crippen molar-refractivity contribution >= 4 is 21.3 Å². The number of para-hydroxylation sites is 1. The molecule has 0 atom stereocenters. The summed E-state index contributed by atoms with van der Waals surface area (Å²) in [5.41, 5.74) is 3.25. The molecule has 0 N–H and O–H groups in total. The molecule has 0 saturated carbocycles. The summed E-state index contributed by atoms with van der Waals surface area (Å²) in [5, 5.41) is 0. The quantitative estimate of drug-likeness (QED) is 0.737. The second-order valence-corrected chi connectivity index (χ2v) is 7.30. The second kappa shape index (κ2) is 6.84. The molecule has 0 radical (unpaired) electrons. The third-order valence-electron chi connectivity index (χ3n) is 3.54. The van der Waals surface area contributed by atoms with Crippen LogP contribution in [0.4, 0.5) is 5.69 Å². The first-order valence-electron chi connectivity index (χ1n) is 7.33. The van der Waals surface area contributed by atoms with Crippen LogP contribution in [0.5, 0.6) is 0 Å². The van der Waals surface area contributed by atoms with E-state index in [1.807, 2.05) is 32.0 Å². The fourth-order valence-corrected chi connectivity index (χ4v) is 3.79. The molecule has 0 fully saturated rings. The lowest BCUT2D eigenvalue weighted by molar-refractivity contribution is 0.593. The van der Waals surface area contributed by atoms with Gasteiger partial charge in [-0.3, -0.25) is 4.31 Å². The summed E-state index contributed by atoms with van der Waals surface area (Å²) < 4.78 is 27.5. The van der Waals surface area contributed by atoms with E-state index in [2.05, 4.69) is 13.2 Å². The van der Waals surface area contributed by atoms with Gasteiger partial charge in [0.2, 0.25) is 0 Å². The molecule has 0 aliphatic heterocycles. The van der Waals surface area contributed by atoms with Gasteiger partial charge in [-0.15, -0.1) is 6.58 Å². The summed E-state index contributed by atoms with van der Waals surface area (Å²) in [6, 6.07) is 14.2. The van der Waals surface area contributed by atoms with Gasteiger partial charge < -0.3 is 0 Å². The van der Waals surface area contributed by atoms with E-state index < -0.39 is 10.0 Å². The maximum Gasteiger partial charge on any atom is 0.264 e. The number of anilines is 1. The van der Waals surface area contributed by atoms with Crippen LogP contribution in [0.1, 0.15) is 18.1 Å². The lowest BCUT2D eigenvalue weighted by atomic mass is 10.1. The zero-order valence-corrected chi connectivity index (χ0v) is 14.3. The predicted octanol–water partition coefficient (Wildman–Crippen LogP) is 4.41. The van der Waals surface area contributed by atoms with Crippen LogP contribution in [0.15, 0.2) is 72.7 Å². The number of nitrogens with zero attached hydrogens (tertiary/aromatic N) is 1. The van der Waals surface area contributed by atoms with Crippen molar-refractivity contribution in [2.75, 3.05) is 10.8 Å². The lowest BCUT2D eigenvalue weighted by Crippen LogP contribution is -2.31. The molecule has 0 aliphatic carbocycles. The molecular weight excluding hydrogens is 306 g/mol. The molecular formula is C19H21NO2S. The standard InChI is InChI=1S/C19H21NO2S/c1-5-14-20(19-9-7-6-8-18(19)15(2)3)23(21,22)17-12-10-16(4)11-13-17/h5-13H,1-2,14H2,3-4H3. The molecule has 4 heteroatoms. The van der Waals surface area contributed by atoms with E-state index in [0.29, 0.717) is 5.69 Å². The van der Waals surface area contributed by atoms with Crippen LogP contribution in [-0.2, 0) is 10.0 Å². The highest BCUT2D eigenvalue weighted by molar-refractivity contribution is 7.92. The van der Waals surface area contributed by atoms with Crippen molar-refractivity contribution in [1.29, 1.82) is 0 Å². The highest BCUT2D eigenvalue weighted by atomic mass is 32.2. The summed E-state index contributed by atoms with van der Waals surface area (Å²) in [5.74, 6) is 0. The minimum atomic E-state index is -3.67. The molecule has 2 rings (SSSR count). The van der Waals surface area contributed by atoms with Crippen LogP contribution in [0, 0.1) is 6.92 Å². The highest BCUT2D eigenvalue weighted by Gasteiger charge is 2.25. The van der Waals surface area contributed by atoms with Crippen molar-refractivity contribution in [3.63, 3.8) is 0 Å². The Bertz CT molecular complexity index is 821. The van der Waals surface area contributed by atoms with E-state index in [-0.39, 0.29) is 11.4 Å². The lowest BCUT2D eigenvalue weighted by Gasteiger charge is -2.25. The highest BCUT2D eigenvalue weighted by Crippen LogP contribution is 2.30. The SMILES string of the molecule is C=CCN(c1ccccc1C(=C)C)S(=O)(=O)c1ccc(C)cc1. The Kier molecular flexibility index (Phi) is 5.06. The van der Waals surface area contributed by atoms with Crippen LogP contribution < -0.4 is 4.31 Å². The second-order valence-electron chi connectivity index (χ2n) is 5.44. The molecule has 0 spiro atoms. The third kappa shape index (κ3) is 3.54. The first-order chi connectivity index (χ1) is 10.9. The van der Waals surface area contributed by atoms with E-state index in [9.17, 15) is 8.42 Å². The van der Waals surface area contributed by atoms with Crippen molar-refractivity contribution < 1.29 is 8.42 Å². The summed E-state index contributed by atoms with van der Waals surface area (Å²) in [7, 11) is -3.67. The molecule has 0 aromatic heterocycles. The van der Waals surface area contributed by atoms with Crippen molar-refractivity contribution in [2.24, 2.45) is 0 Å². The predicted molar refractivity (Wildman–Crippen MR) is 97.1 cm³/mol. The maximum absolute atomic E-state index is 13.1. The van der Waals surface area contributed by atoms with E-state index in [4.69, 9.17) is 0 Å². The van der Waals surface area contributed by atoms with Gasteiger partial charge in [-0.05, 0) is 37.6 Å². The van der Waals surface area contributed by atoms with E-state index >= 15 is 0 Å². The van der Waals surface area contributed by atoms with E-state index in [1.54, 1.807) is 36.4 Å². The Morgan fingerprint density at radius 3 is 2.30 bits per heavy atom. The van der Waals surface area contributed by atoms with Gasteiger partial charge in [0.15, 0.2) is 0 Å². The number of allylic oxidation sites excluding steroid dienone is 1. The topological polar surface area (TPSA) is 37.4 Å². The Balaban J connectivity index is 2.61. The monoisotopic (exact) mass is 327 g/mol. The molecule has 0 saturated heterocycles. The van der Waals surface area contributed by atoms with E-state index in [0.717, 1.165) is 16.7 Å². The fraction of sp³-hybridized carbons (Fsp3) is 0.158. The molecule has 120 valence electrons. The van der Waals surface area contributed by atoms with Gasteiger partial charge in [-0.2, -0.15) is 0 Å². The zero-order chi connectivity index (χ0) is 17.0. The molecule has 23 heavy (non-hydrogen) atoms. The van der Waals surface area contributed by atoms with Crippen LogP contribution in [0.3, 0.4) is 0 Å². The summed E-state index contributed by atoms with van der Waals surface area (Å²) in [6.07, 6.45) is 1.58. The zero-order valence-electron chi connectivity index (χ0n) is 13.5. The van der Waals surface area contributed by atoms with Crippen LogP contribution in [0.25, 0.3) is 5.57 Å². The minimum Gasteiger partial charge on any atom is -0.262 e. The largest absolute Gasteiger partial charge is 0.264 e. The van der Waals surface area contributed by atoms with Crippen molar-refractivity contribution in [2.45, 2.75) is 18.7 Å². The third-order valence-corrected chi connectivity index (χ3v) is 5.33. The van der Waals surface area contributed by atoms with Gasteiger partial charge >= 0.3 is 0 Å². The van der Waals surface area contributed by atoms with Gasteiger partial charge in [-0.25, -0.2) is 8.42 Å². The van der Waals surface area contributed by atoms with Crippen LogP contribution in [-0.4, -0.2) is 15.0 Å². The molecule has 0 amide bonds. The van der Waals surface area contributed by atoms with Crippen molar-refractivity contribution in [1.82, 2.24) is 0 Å². The Morgan fingerprint density at radius 2 is 1.74 bits per heavy atom.